The van der Waals surface area contributed by atoms with Crippen LogP contribution in [0.3, 0.4) is 0 Å². The number of carbonyl (C=O) groups excluding carboxylic acids is 1. The number of piperidine rings is 1. The van der Waals surface area contributed by atoms with Gasteiger partial charge in [0.15, 0.2) is 0 Å². The average molecular weight is 295 g/mol. The number of hydrogen-bond acceptors (Lipinski definition) is 3. The Labute approximate surface area is 131 Å². The second kappa shape index (κ2) is 7.23. The Bertz CT molecular complexity index is 601. The number of benzene rings is 2. The van der Waals surface area contributed by atoms with E-state index in [4.69, 9.17) is 4.74 Å². The van der Waals surface area contributed by atoms with E-state index in [0.717, 1.165) is 6.54 Å². The molecule has 0 saturated carbocycles. The molecule has 2 aromatic rings. The lowest BCUT2D eigenvalue weighted by Gasteiger charge is -2.26. The third-order valence-electron chi connectivity index (χ3n) is 4.00. The number of esters is 1. The Morgan fingerprint density at radius 2 is 1.59 bits per heavy atom. The summed E-state index contributed by atoms with van der Waals surface area (Å²) in [5.74, 6) is 0.264. The van der Waals surface area contributed by atoms with Gasteiger partial charge in [-0.05, 0) is 55.8 Å². The van der Waals surface area contributed by atoms with Gasteiger partial charge >= 0.3 is 5.97 Å². The van der Waals surface area contributed by atoms with Gasteiger partial charge in [0.2, 0.25) is 0 Å². The number of para-hydroxylation sites is 1. The van der Waals surface area contributed by atoms with Crippen LogP contribution in [0.25, 0.3) is 0 Å². The van der Waals surface area contributed by atoms with Crippen LogP contribution in [0.1, 0.15) is 35.2 Å². The van der Waals surface area contributed by atoms with E-state index in [0.29, 0.717) is 11.3 Å². The van der Waals surface area contributed by atoms with E-state index in [1.807, 2.05) is 42.5 Å². The van der Waals surface area contributed by atoms with Gasteiger partial charge in [-0.1, -0.05) is 36.8 Å². The van der Waals surface area contributed by atoms with Crippen molar-refractivity contribution in [2.24, 2.45) is 0 Å². The van der Waals surface area contributed by atoms with Gasteiger partial charge in [0.05, 0.1) is 5.56 Å². The molecule has 0 N–H and O–H groups in total. The number of likely N-dealkylation sites (tertiary alicyclic amines) is 1. The molecule has 3 heteroatoms. The van der Waals surface area contributed by atoms with Gasteiger partial charge in [0.1, 0.15) is 5.75 Å². The first kappa shape index (κ1) is 14.8. The number of carbonyl (C=O) groups is 1. The quantitative estimate of drug-likeness (QED) is 0.633. The van der Waals surface area contributed by atoms with E-state index >= 15 is 0 Å². The number of nitrogens with zero attached hydrogens (tertiary/aromatic N) is 1. The Morgan fingerprint density at radius 3 is 2.27 bits per heavy atom. The summed E-state index contributed by atoms with van der Waals surface area (Å²) < 4.78 is 5.34. The number of rotatable bonds is 4. The van der Waals surface area contributed by atoms with Crippen LogP contribution in [0.4, 0.5) is 0 Å². The SMILES string of the molecule is O=C(Oc1ccccc1)c1ccc(CN2CCCCC2)cc1. The normalized spacial score (nSPS) is 15.5. The zero-order valence-corrected chi connectivity index (χ0v) is 12.7. The van der Waals surface area contributed by atoms with Gasteiger partial charge in [-0.2, -0.15) is 0 Å². The van der Waals surface area contributed by atoms with Crippen molar-refractivity contribution in [2.75, 3.05) is 13.1 Å². The molecule has 1 aliphatic heterocycles. The first-order chi connectivity index (χ1) is 10.8. The summed E-state index contributed by atoms with van der Waals surface area (Å²) in [5, 5.41) is 0. The molecule has 1 aliphatic rings. The number of hydrogen-bond donors (Lipinski definition) is 0. The van der Waals surface area contributed by atoms with E-state index in [-0.39, 0.29) is 5.97 Å². The molecule has 1 saturated heterocycles. The van der Waals surface area contributed by atoms with Crippen molar-refractivity contribution in [1.29, 1.82) is 0 Å². The maximum absolute atomic E-state index is 12.1. The fourth-order valence-corrected chi connectivity index (χ4v) is 2.78. The van der Waals surface area contributed by atoms with Crippen molar-refractivity contribution >= 4 is 5.97 Å². The molecule has 2 aromatic carbocycles. The summed E-state index contributed by atoms with van der Waals surface area (Å²) in [6, 6.07) is 16.9. The zero-order chi connectivity index (χ0) is 15.2. The summed E-state index contributed by atoms with van der Waals surface area (Å²) in [6.45, 7) is 3.32. The molecule has 22 heavy (non-hydrogen) atoms. The molecule has 0 atom stereocenters. The van der Waals surface area contributed by atoms with E-state index in [9.17, 15) is 4.79 Å². The summed E-state index contributed by atoms with van der Waals surface area (Å²) in [7, 11) is 0. The predicted molar refractivity (Wildman–Crippen MR) is 87.0 cm³/mol. The molecule has 0 spiro atoms. The second-order valence-corrected chi connectivity index (χ2v) is 5.74. The third-order valence-corrected chi connectivity index (χ3v) is 4.00. The van der Waals surface area contributed by atoms with Crippen molar-refractivity contribution < 1.29 is 9.53 Å². The molecule has 1 heterocycles. The lowest BCUT2D eigenvalue weighted by Crippen LogP contribution is -2.29. The van der Waals surface area contributed by atoms with Crippen LogP contribution in [-0.2, 0) is 6.54 Å². The van der Waals surface area contributed by atoms with Gasteiger partial charge in [-0.15, -0.1) is 0 Å². The summed E-state index contributed by atoms with van der Waals surface area (Å²) >= 11 is 0. The first-order valence-corrected chi connectivity index (χ1v) is 7.90. The number of ether oxygens (including phenoxy) is 1. The highest BCUT2D eigenvalue weighted by atomic mass is 16.5. The molecular weight excluding hydrogens is 274 g/mol. The molecule has 0 bridgehead atoms. The van der Waals surface area contributed by atoms with E-state index in [1.165, 1.54) is 37.9 Å². The maximum Gasteiger partial charge on any atom is 0.343 e. The molecular formula is C19H21NO2. The molecule has 3 nitrogen and oxygen atoms in total. The van der Waals surface area contributed by atoms with Crippen LogP contribution in [0, 0.1) is 0 Å². The largest absolute Gasteiger partial charge is 0.423 e. The molecule has 0 aromatic heterocycles. The minimum absolute atomic E-state index is 0.310. The Morgan fingerprint density at radius 1 is 0.909 bits per heavy atom. The Balaban J connectivity index is 1.59. The van der Waals surface area contributed by atoms with Gasteiger partial charge in [0, 0.05) is 6.54 Å². The Kier molecular flexibility index (Phi) is 4.86. The molecule has 0 radical (unpaired) electrons. The second-order valence-electron chi connectivity index (χ2n) is 5.74. The van der Waals surface area contributed by atoms with E-state index in [2.05, 4.69) is 4.90 Å². The Hall–Kier alpha value is -2.13. The van der Waals surface area contributed by atoms with Crippen LogP contribution >= 0.6 is 0 Å². The van der Waals surface area contributed by atoms with Crippen molar-refractivity contribution in [3.8, 4) is 5.75 Å². The summed E-state index contributed by atoms with van der Waals surface area (Å²) in [4.78, 5) is 14.6. The monoisotopic (exact) mass is 295 g/mol. The van der Waals surface area contributed by atoms with E-state index in [1.54, 1.807) is 12.1 Å². The average Bonchev–Trinajstić information content (AvgIpc) is 2.57. The summed E-state index contributed by atoms with van der Waals surface area (Å²) in [5.41, 5.74) is 1.84. The highest BCUT2D eigenvalue weighted by molar-refractivity contribution is 5.91. The fourth-order valence-electron chi connectivity index (χ4n) is 2.78. The molecule has 3 rings (SSSR count). The third kappa shape index (κ3) is 3.95. The fraction of sp³-hybridized carbons (Fsp3) is 0.316. The summed E-state index contributed by atoms with van der Waals surface area (Å²) in [6.07, 6.45) is 3.93. The van der Waals surface area contributed by atoms with Crippen LogP contribution < -0.4 is 4.74 Å². The van der Waals surface area contributed by atoms with Gasteiger partial charge < -0.3 is 4.74 Å². The maximum atomic E-state index is 12.1. The van der Waals surface area contributed by atoms with Crippen molar-refractivity contribution in [2.45, 2.75) is 25.8 Å². The van der Waals surface area contributed by atoms with Crippen LogP contribution in [0.2, 0.25) is 0 Å². The van der Waals surface area contributed by atoms with Gasteiger partial charge in [-0.25, -0.2) is 4.79 Å². The molecule has 1 fully saturated rings. The van der Waals surface area contributed by atoms with Crippen molar-refractivity contribution in [1.82, 2.24) is 4.90 Å². The lowest BCUT2D eigenvalue weighted by molar-refractivity contribution is 0.0734. The minimum Gasteiger partial charge on any atom is -0.423 e. The van der Waals surface area contributed by atoms with Crippen LogP contribution in [-0.4, -0.2) is 24.0 Å². The molecule has 114 valence electrons. The zero-order valence-electron chi connectivity index (χ0n) is 12.7. The molecule has 0 unspecified atom stereocenters. The smallest absolute Gasteiger partial charge is 0.343 e. The molecule has 0 aliphatic carbocycles. The lowest BCUT2D eigenvalue weighted by atomic mass is 10.1. The van der Waals surface area contributed by atoms with Crippen LogP contribution in [0.5, 0.6) is 5.75 Å². The minimum atomic E-state index is -0.310. The first-order valence-electron chi connectivity index (χ1n) is 7.90. The predicted octanol–water partition coefficient (Wildman–Crippen LogP) is 3.89. The van der Waals surface area contributed by atoms with Crippen molar-refractivity contribution in [3.63, 3.8) is 0 Å². The highest BCUT2D eigenvalue weighted by Crippen LogP contribution is 2.15. The highest BCUT2D eigenvalue weighted by Gasteiger charge is 2.12. The van der Waals surface area contributed by atoms with Gasteiger partial charge in [-0.3, -0.25) is 4.90 Å². The topological polar surface area (TPSA) is 29.5 Å². The standard InChI is InChI=1S/C19H21NO2/c21-19(22-18-7-3-1-4-8-18)17-11-9-16(10-12-17)15-20-13-5-2-6-14-20/h1,3-4,7-12H,2,5-6,13-15H2. The molecule has 0 amide bonds. The van der Waals surface area contributed by atoms with Gasteiger partial charge in [0.25, 0.3) is 0 Å². The van der Waals surface area contributed by atoms with Crippen LogP contribution in [0.15, 0.2) is 54.6 Å². The van der Waals surface area contributed by atoms with E-state index < -0.39 is 0 Å². The van der Waals surface area contributed by atoms with Crippen molar-refractivity contribution in [3.05, 3.63) is 65.7 Å².